The first-order valence-corrected chi connectivity index (χ1v) is 9.70. The second-order valence-electron chi connectivity index (χ2n) is 6.78. The molecule has 0 heterocycles. The van der Waals surface area contributed by atoms with Gasteiger partial charge in [-0.15, -0.1) is 0 Å². The van der Waals surface area contributed by atoms with Crippen LogP contribution in [0.4, 0.5) is 0 Å². The number of nitrogens with one attached hydrogen (secondary N) is 2. The van der Waals surface area contributed by atoms with Crippen LogP contribution < -0.4 is 10.6 Å². The second kappa shape index (κ2) is 12.9. The number of ether oxygens (including phenoxy) is 1. The van der Waals surface area contributed by atoms with Crippen LogP contribution in [0.3, 0.4) is 0 Å². The predicted octanol–water partition coefficient (Wildman–Crippen LogP) is 2.35. The first kappa shape index (κ1) is 21.6. The molecule has 1 saturated carbocycles. The molecular weight excluding hydrogens is 320 g/mol. The topological polar surface area (TPSA) is 84.5 Å². The molecule has 1 aliphatic carbocycles. The van der Waals surface area contributed by atoms with Crippen LogP contribution in [-0.2, 0) is 19.1 Å². The Morgan fingerprint density at radius 1 is 0.960 bits per heavy atom. The first-order valence-electron chi connectivity index (χ1n) is 9.70. The van der Waals surface area contributed by atoms with Crippen LogP contribution in [0.25, 0.3) is 0 Å². The van der Waals surface area contributed by atoms with E-state index in [9.17, 15) is 14.4 Å². The first-order chi connectivity index (χ1) is 12.0. The van der Waals surface area contributed by atoms with Crippen LogP contribution in [0.2, 0.25) is 0 Å². The molecule has 0 spiro atoms. The van der Waals surface area contributed by atoms with E-state index in [1.807, 2.05) is 13.8 Å². The Kier molecular flexibility index (Phi) is 11.1. The van der Waals surface area contributed by atoms with Gasteiger partial charge in [0.25, 0.3) is 0 Å². The van der Waals surface area contributed by atoms with Crippen molar-refractivity contribution in [2.75, 3.05) is 19.8 Å². The minimum Gasteiger partial charge on any atom is -0.381 e. The fourth-order valence-corrected chi connectivity index (χ4v) is 3.09. The number of carbonyl (C=O) groups is 3. The lowest BCUT2D eigenvalue weighted by Crippen LogP contribution is -2.39. The summed E-state index contributed by atoms with van der Waals surface area (Å²) in [6.07, 6.45) is 6.49. The minimum atomic E-state index is 0.0468. The van der Waals surface area contributed by atoms with Crippen LogP contribution in [0.15, 0.2) is 0 Å². The summed E-state index contributed by atoms with van der Waals surface area (Å²) in [5.41, 5.74) is 0. The van der Waals surface area contributed by atoms with Crippen LogP contribution in [-0.4, -0.2) is 43.4 Å². The Morgan fingerprint density at radius 2 is 1.68 bits per heavy atom. The highest BCUT2D eigenvalue weighted by molar-refractivity contribution is 5.80. The Hall–Kier alpha value is -1.43. The van der Waals surface area contributed by atoms with Crippen molar-refractivity contribution in [1.82, 2.24) is 10.6 Å². The lowest BCUT2D eigenvalue weighted by molar-refractivity contribution is -0.123. The molecule has 0 aromatic rings. The molecule has 0 saturated heterocycles. The lowest BCUT2D eigenvalue weighted by Gasteiger charge is -2.29. The standard InChI is InChI=1S/C19H34N2O4/c1-3-17(22)6-5-7-19(24)21-16-10-8-15(9-11-16)14-20-18(23)12-13-25-4-2/h15-16H,3-14H2,1-2H3,(H,20,23)(H,21,24). The Balaban J connectivity index is 2.09. The van der Waals surface area contributed by atoms with Crippen molar-refractivity contribution in [3.8, 4) is 0 Å². The molecular formula is C19H34N2O4. The highest BCUT2D eigenvalue weighted by Crippen LogP contribution is 2.23. The van der Waals surface area contributed by atoms with Gasteiger partial charge in [0.05, 0.1) is 6.61 Å². The Labute approximate surface area is 151 Å². The van der Waals surface area contributed by atoms with Crippen molar-refractivity contribution in [3.05, 3.63) is 0 Å². The summed E-state index contributed by atoms with van der Waals surface area (Å²) in [4.78, 5) is 34.8. The van der Waals surface area contributed by atoms with Gasteiger partial charge in [-0.05, 0) is 44.9 Å². The van der Waals surface area contributed by atoms with Gasteiger partial charge >= 0.3 is 0 Å². The van der Waals surface area contributed by atoms with E-state index in [4.69, 9.17) is 4.74 Å². The van der Waals surface area contributed by atoms with E-state index in [2.05, 4.69) is 10.6 Å². The second-order valence-corrected chi connectivity index (χ2v) is 6.78. The number of hydrogen-bond acceptors (Lipinski definition) is 4. The van der Waals surface area contributed by atoms with Crippen LogP contribution in [0.1, 0.15) is 71.6 Å². The normalized spacial score (nSPS) is 20.1. The molecule has 1 rings (SSSR count). The van der Waals surface area contributed by atoms with Gasteiger partial charge in [-0.2, -0.15) is 0 Å². The molecule has 0 unspecified atom stereocenters. The maximum absolute atomic E-state index is 11.9. The van der Waals surface area contributed by atoms with E-state index in [1.165, 1.54) is 0 Å². The maximum Gasteiger partial charge on any atom is 0.222 e. The lowest BCUT2D eigenvalue weighted by atomic mass is 9.86. The number of amides is 2. The summed E-state index contributed by atoms with van der Waals surface area (Å²) in [5, 5.41) is 6.05. The van der Waals surface area contributed by atoms with Crippen molar-refractivity contribution in [2.24, 2.45) is 5.92 Å². The Morgan fingerprint density at radius 3 is 2.32 bits per heavy atom. The van der Waals surface area contributed by atoms with E-state index in [0.29, 0.717) is 57.8 Å². The molecule has 2 N–H and O–H groups in total. The maximum atomic E-state index is 11.9. The van der Waals surface area contributed by atoms with Gasteiger partial charge in [0.15, 0.2) is 0 Å². The fraction of sp³-hybridized carbons (Fsp3) is 0.842. The van der Waals surface area contributed by atoms with Crippen molar-refractivity contribution in [1.29, 1.82) is 0 Å². The molecule has 25 heavy (non-hydrogen) atoms. The average Bonchev–Trinajstić information content (AvgIpc) is 2.61. The molecule has 0 radical (unpaired) electrons. The zero-order valence-corrected chi connectivity index (χ0v) is 15.8. The summed E-state index contributed by atoms with van der Waals surface area (Å²) in [7, 11) is 0. The van der Waals surface area contributed by atoms with Gasteiger partial charge in [0.1, 0.15) is 5.78 Å². The van der Waals surface area contributed by atoms with Crippen LogP contribution in [0, 0.1) is 5.92 Å². The highest BCUT2D eigenvalue weighted by Gasteiger charge is 2.22. The molecule has 0 aromatic carbocycles. The van der Waals surface area contributed by atoms with Crippen molar-refractivity contribution in [3.63, 3.8) is 0 Å². The van der Waals surface area contributed by atoms with E-state index in [1.54, 1.807) is 0 Å². The van der Waals surface area contributed by atoms with E-state index >= 15 is 0 Å². The summed E-state index contributed by atoms with van der Waals surface area (Å²) < 4.78 is 5.17. The average molecular weight is 354 g/mol. The monoisotopic (exact) mass is 354 g/mol. The SMILES string of the molecule is CCOCCC(=O)NCC1CCC(NC(=O)CCCC(=O)CC)CC1. The Bertz CT molecular complexity index is 418. The summed E-state index contributed by atoms with van der Waals surface area (Å²) >= 11 is 0. The van der Waals surface area contributed by atoms with Crippen molar-refractivity contribution in [2.45, 2.75) is 77.7 Å². The smallest absolute Gasteiger partial charge is 0.222 e. The molecule has 6 heteroatoms. The summed E-state index contributed by atoms with van der Waals surface area (Å²) in [5.74, 6) is 0.810. The number of rotatable bonds is 12. The highest BCUT2D eigenvalue weighted by atomic mass is 16.5. The van der Waals surface area contributed by atoms with E-state index in [0.717, 1.165) is 25.7 Å². The molecule has 0 aliphatic heterocycles. The van der Waals surface area contributed by atoms with Crippen LogP contribution >= 0.6 is 0 Å². The number of Topliss-reactive ketones (excluding diaryl/α,β-unsaturated/α-hetero) is 1. The molecule has 0 bridgehead atoms. The summed E-state index contributed by atoms with van der Waals surface area (Å²) in [6.45, 7) is 5.59. The molecule has 6 nitrogen and oxygen atoms in total. The predicted molar refractivity (Wildman–Crippen MR) is 97.2 cm³/mol. The van der Waals surface area contributed by atoms with E-state index < -0.39 is 0 Å². The summed E-state index contributed by atoms with van der Waals surface area (Å²) in [6, 6.07) is 0.235. The minimum absolute atomic E-state index is 0.0468. The molecule has 144 valence electrons. The van der Waals surface area contributed by atoms with Crippen molar-refractivity contribution >= 4 is 17.6 Å². The zero-order chi connectivity index (χ0) is 18.5. The van der Waals surface area contributed by atoms with Gasteiger partial charge < -0.3 is 15.4 Å². The quantitative estimate of drug-likeness (QED) is 0.527. The van der Waals surface area contributed by atoms with Gasteiger partial charge in [0, 0.05) is 44.9 Å². The largest absolute Gasteiger partial charge is 0.381 e. The third kappa shape index (κ3) is 10.2. The van der Waals surface area contributed by atoms with Gasteiger partial charge in [-0.1, -0.05) is 6.92 Å². The molecule has 2 amide bonds. The number of carbonyl (C=O) groups excluding carboxylic acids is 3. The third-order valence-electron chi connectivity index (χ3n) is 4.73. The van der Waals surface area contributed by atoms with Gasteiger partial charge in [-0.3, -0.25) is 14.4 Å². The fourth-order valence-electron chi connectivity index (χ4n) is 3.09. The molecule has 1 aliphatic rings. The zero-order valence-electron chi connectivity index (χ0n) is 15.8. The van der Waals surface area contributed by atoms with Crippen molar-refractivity contribution < 1.29 is 19.1 Å². The molecule has 1 fully saturated rings. The van der Waals surface area contributed by atoms with Gasteiger partial charge in [0.2, 0.25) is 11.8 Å². The van der Waals surface area contributed by atoms with Gasteiger partial charge in [-0.25, -0.2) is 0 Å². The number of ketones is 1. The molecule has 0 atom stereocenters. The van der Waals surface area contributed by atoms with E-state index in [-0.39, 0.29) is 23.6 Å². The third-order valence-corrected chi connectivity index (χ3v) is 4.73. The van der Waals surface area contributed by atoms with Crippen LogP contribution in [0.5, 0.6) is 0 Å². The molecule has 0 aromatic heterocycles. The number of hydrogen-bond donors (Lipinski definition) is 2.